The number of urea groups is 1. The maximum Gasteiger partial charge on any atom is 0.327 e. The van der Waals surface area contributed by atoms with Gasteiger partial charge in [0.1, 0.15) is 39.5 Å². The molecule has 13 heteroatoms. The van der Waals surface area contributed by atoms with Crippen LogP contribution in [0.1, 0.15) is 6.42 Å². The van der Waals surface area contributed by atoms with Crippen molar-refractivity contribution in [3.8, 4) is 11.5 Å². The van der Waals surface area contributed by atoms with E-state index in [2.05, 4.69) is 32.5 Å². The molecule has 2 atom stereocenters. The second-order valence-electron chi connectivity index (χ2n) is 7.47. The number of carbonyl (C=O) groups is 2. The number of nitrogens with one attached hydrogen (secondary N) is 3. The van der Waals surface area contributed by atoms with Gasteiger partial charge in [0, 0.05) is 25.8 Å². The molecule has 0 saturated carbocycles. The molecule has 3 amide bonds. The number of rotatable bonds is 8. The molecule has 0 unspecified atom stereocenters. The molecule has 2 aromatic rings. The number of aromatic nitrogens is 2. The van der Waals surface area contributed by atoms with E-state index in [9.17, 15) is 9.59 Å². The Morgan fingerprint density at radius 2 is 1.86 bits per heavy atom. The average molecular weight is 525 g/mol. The first-order valence-electron chi connectivity index (χ1n) is 10.5. The first kappa shape index (κ1) is 26.3. The normalized spacial score (nSPS) is 17.2. The fourth-order valence-corrected chi connectivity index (χ4v) is 3.98. The molecule has 1 aromatic heterocycles. The SMILES string of the molecule is C=CC(=O)N[C@H]1CCOC[C@H]1Nc1cc(N(C)C(=O)Nc2c(Cl)c(OC)cc(OC)c2Cl)ncn1. The topological polar surface area (TPSA) is 127 Å². The van der Waals surface area contributed by atoms with Gasteiger partial charge < -0.3 is 30.2 Å². The van der Waals surface area contributed by atoms with Crippen LogP contribution in [0.15, 0.2) is 31.1 Å². The standard InChI is InChI=1S/C22H26Cl2N6O5/c1-5-18(31)28-12-6-7-35-10-13(12)27-16-9-17(26-11-25-16)30(2)22(32)29-21-19(23)14(33-3)8-15(34-4)20(21)24/h5,8-9,11-13H,1,6-7,10H2,2-4H3,(H,28,31)(H,29,32)(H,25,26,27)/t12-,13+/m0/s1. The maximum atomic E-state index is 13.0. The third-order valence-corrected chi connectivity index (χ3v) is 6.06. The van der Waals surface area contributed by atoms with Crippen molar-refractivity contribution >= 4 is 52.5 Å². The first-order valence-corrected chi connectivity index (χ1v) is 11.3. The summed E-state index contributed by atoms with van der Waals surface area (Å²) in [6.45, 7) is 4.38. The number of hydrogen-bond donors (Lipinski definition) is 3. The highest BCUT2D eigenvalue weighted by atomic mass is 35.5. The summed E-state index contributed by atoms with van der Waals surface area (Å²) in [5.74, 6) is 1.04. The minimum Gasteiger partial charge on any atom is -0.495 e. The van der Waals surface area contributed by atoms with E-state index in [1.807, 2.05) is 0 Å². The molecule has 2 heterocycles. The number of anilines is 3. The van der Waals surface area contributed by atoms with Crippen molar-refractivity contribution in [1.82, 2.24) is 15.3 Å². The van der Waals surface area contributed by atoms with Crippen LogP contribution in [-0.2, 0) is 9.53 Å². The Bertz CT molecular complexity index is 1070. The maximum absolute atomic E-state index is 13.0. The predicted octanol–water partition coefficient (Wildman–Crippen LogP) is 3.34. The second-order valence-corrected chi connectivity index (χ2v) is 8.22. The molecule has 35 heavy (non-hydrogen) atoms. The summed E-state index contributed by atoms with van der Waals surface area (Å²) in [5, 5.41) is 9.03. The van der Waals surface area contributed by atoms with E-state index < -0.39 is 6.03 Å². The summed E-state index contributed by atoms with van der Waals surface area (Å²) in [4.78, 5) is 34.4. The van der Waals surface area contributed by atoms with Crippen molar-refractivity contribution in [3.05, 3.63) is 41.2 Å². The highest BCUT2D eigenvalue weighted by Crippen LogP contribution is 2.44. The fourth-order valence-electron chi connectivity index (χ4n) is 3.38. The molecule has 1 aromatic carbocycles. The van der Waals surface area contributed by atoms with Crippen LogP contribution in [0.4, 0.5) is 22.1 Å². The third kappa shape index (κ3) is 6.24. The lowest BCUT2D eigenvalue weighted by molar-refractivity contribution is -0.117. The fraction of sp³-hybridized carbons (Fsp3) is 0.364. The Hall–Kier alpha value is -3.28. The van der Waals surface area contributed by atoms with E-state index in [4.69, 9.17) is 37.4 Å². The summed E-state index contributed by atoms with van der Waals surface area (Å²) in [7, 11) is 4.40. The lowest BCUT2D eigenvalue weighted by Gasteiger charge is -2.32. The average Bonchev–Trinajstić information content (AvgIpc) is 2.87. The van der Waals surface area contributed by atoms with Crippen LogP contribution in [0.3, 0.4) is 0 Å². The van der Waals surface area contributed by atoms with E-state index in [0.717, 1.165) is 0 Å². The molecule has 0 spiro atoms. The number of nitrogens with zero attached hydrogens (tertiary/aromatic N) is 3. The summed E-state index contributed by atoms with van der Waals surface area (Å²) >= 11 is 12.7. The molecule has 0 radical (unpaired) electrons. The van der Waals surface area contributed by atoms with Crippen molar-refractivity contribution < 1.29 is 23.8 Å². The lowest BCUT2D eigenvalue weighted by atomic mass is 10.0. The Labute approximate surface area is 212 Å². The molecule has 1 aliphatic heterocycles. The molecular weight excluding hydrogens is 499 g/mol. The Morgan fingerprint density at radius 3 is 2.49 bits per heavy atom. The molecule has 11 nitrogen and oxygen atoms in total. The summed E-state index contributed by atoms with van der Waals surface area (Å²) in [6, 6.07) is 2.13. The molecule has 1 saturated heterocycles. The van der Waals surface area contributed by atoms with Crippen LogP contribution in [0.5, 0.6) is 11.5 Å². The zero-order chi connectivity index (χ0) is 25.5. The Kier molecular flexibility index (Phi) is 8.96. The largest absolute Gasteiger partial charge is 0.495 e. The molecular formula is C22H26Cl2N6O5. The Morgan fingerprint density at radius 1 is 1.17 bits per heavy atom. The molecule has 3 rings (SSSR count). The smallest absolute Gasteiger partial charge is 0.327 e. The van der Waals surface area contributed by atoms with Crippen molar-refractivity contribution in [2.24, 2.45) is 0 Å². The summed E-state index contributed by atoms with van der Waals surface area (Å²) in [5.41, 5.74) is 0.133. The molecule has 1 aliphatic rings. The number of hydrogen-bond acceptors (Lipinski definition) is 8. The highest BCUT2D eigenvalue weighted by molar-refractivity contribution is 6.41. The summed E-state index contributed by atoms with van der Waals surface area (Å²) < 4.78 is 16.0. The van der Waals surface area contributed by atoms with E-state index in [-0.39, 0.29) is 45.2 Å². The van der Waals surface area contributed by atoms with Crippen molar-refractivity contribution in [3.63, 3.8) is 0 Å². The van der Waals surface area contributed by atoms with Crippen LogP contribution < -0.4 is 30.3 Å². The van der Waals surface area contributed by atoms with Gasteiger partial charge in [0.05, 0.1) is 38.6 Å². The van der Waals surface area contributed by atoms with Crippen molar-refractivity contribution in [2.75, 3.05) is 50.0 Å². The number of methoxy groups -OCH3 is 2. The van der Waals surface area contributed by atoms with E-state index in [1.54, 1.807) is 6.07 Å². The van der Waals surface area contributed by atoms with Crippen LogP contribution in [0.2, 0.25) is 10.0 Å². The first-order chi connectivity index (χ1) is 16.8. The van der Waals surface area contributed by atoms with Gasteiger partial charge in [-0.1, -0.05) is 29.8 Å². The van der Waals surface area contributed by atoms with Gasteiger partial charge in [-0.05, 0) is 12.5 Å². The van der Waals surface area contributed by atoms with Crippen LogP contribution >= 0.6 is 23.2 Å². The predicted molar refractivity (Wildman–Crippen MR) is 134 cm³/mol. The van der Waals surface area contributed by atoms with E-state index >= 15 is 0 Å². The molecule has 0 bridgehead atoms. The number of benzene rings is 1. The van der Waals surface area contributed by atoms with Crippen LogP contribution in [0, 0.1) is 0 Å². The van der Waals surface area contributed by atoms with Gasteiger partial charge in [-0.25, -0.2) is 14.8 Å². The molecule has 0 aliphatic carbocycles. The zero-order valence-corrected chi connectivity index (χ0v) is 20.9. The number of ether oxygens (including phenoxy) is 3. The van der Waals surface area contributed by atoms with E-state index in [1.165, 1.54) is 44.6 Å². The summed E-state index contributed by atoms with van der Waals surface area (Å²) in [6.07, 6.45) is 3.17. The minimum absolute atomic E-state index is 0.120. The van der Waals surface area contributed by atoms with Crippen LogP contribution in [-0.4, -0.2) is 68.5 Å². The molecule has 1 fully saturated rings. The lowest BCUT2D eigenvalue weighted by Crippen LogP contribution is -2.52. The number of carbonyl (C=O) groups excluding carboxylic acids is 2. The van der Waals surface area contributed by atoms with Crippen LogP contribution in [0.25, 0.3) is 0 Å². The molecule has 188 valence electrons. The molecule has 3 N–H and O–H groups in total. The monoisotopic (exact) mass is 524 g/mol. The van der Waals surface area contributed by atoms with Gasteiger partial charge in [0.2, 0.25) is 5.91 Å². The van der Waals surface area contributed by atoms with Crippen molar-refractivity contribution in [1.29, 1.82) is 0 Å². The van der Waals surface area contributed by atoms with Gasteiger partial charge in [0.25, 0.3) is 0 Å². The Balaban J connectivity index is 1.76. The van der Waals surface area contributed by atoms with E-state index in [0.29, 0.717) is 31.3 Å². The van der Waals surface area contributed by atoms with Gasteiger partial charge in [-0.2, -0.15) is 0 Å². The quantitative estimate of drug-likeness (QED) is 0.448. The zero-order valence-electron chi connectivity index (χ0n) is 19.4. The third-order valence-electron chi connectivity index (χ3n) is 5.31. The van der Waals surface area contributed by atoms with Crippen molar-refractivity contribution in [2.45, 2.75) is 18.5 Å². The number of halogens is 2. The second kappa shape index (κ2) is 11.9. The number of amides is 3. The van der Waals surface area contributed by atoms with Gasteiger partial charge >= 0.3 is 6.03 Å². The minimum atomic E-state index is -0.564. The van der Waals surface area contributed by atoms with Gasteiger partial charge in [0.15, 0.2) is 0 Å². The van der Waals surface area contributed by atoms with Gasteiger partial charge in [-0.3, -0.25) is 9.69 Å². The highest BCUT2D eigenvalue weighted by Gasteiger charge is 2.27. The van der Waals surface area contributed by atoms with Gasteiger partial charge in [-0.15, -0.1) is 0 Å².